The van der Waals surface area contributed by atoms with Crippen LogP contribution in [0.5, 0.6) is 0 Å². The van der Waals surface area contributed by atoms with Gasteiger partial charge in [-0.3, -0.25) is 19.3 Å². The van der Waals surface area contributed by atoms with Crippen molar-refractivity contribution in [1.82, 2.24) is 5.16 Å². The number of nitrogens with zero attached hydrogens (tertiary/aromatic N) is 2. The fraction of sp³-hybridized carbons (Fsp3) is 0.429. The molecule has 1 N–H and O–H groups in total. The first-order valence-corrected chi connectivity index (χ1v) is 9.48. The summed E-state index contributed by atoms with van der Waals surface area (Å²) in [5.41, 5.74) is 1.59. The van der Waals surface area contributed by atoms with Gasteiger partial charge >= 0.3 is 5.97 Å². The first-order chi connectivity index (χ1) is 13.6. The third-order valence-electron chi connectivity index (χ3n) is 5.14. The number of nitrogens with one attached hydrogen (secondary N) is 1. The van der Waals surface area contributed by atoms with E-state index in [1.54, 1.807) is 45.0 Å². The summed E-state index contributed by atoms with van der Waals surface area (Å²) in [4.78, 5) is 39.4. The second-order valence-electron chi connectivity index (χ2n) is 7.64. The van der Waals surface area contributed by atoms with Gasteiger partial charge in [-0.1, -0.05) is 17.3 Å². The summed E-state index contributed by atoms with van der Waals surface area (Å²) in [7, 11) is 0. The van der Waals surface area contributed by atoms with Gasteiger partial charge in [-0.15, -0.1) is 0 Å². The highest BCUT2D eigenvalue weighted by Crippen LogP contribution is 2.37. The van der Waals surface area contributed by atoms with Gasteiger partial charge in [0, 0.05) is 12.0 Å². The number of hydrogen-bond acceptors (Lipinski definition) is 6. The molecular weight excluding hydrogens is 374 g/mol. The van der Waals surface area contributed by atoms with Gasteiger partial charge in [-0.25, -0.2) is 0 Å². The van der Waals surface area contributed by atoms with Crippen molar-refractivity contribution in [2.45, 2.75) is 59.1 Å². The number of rotatable bonds is 5. The lowest BCUT2D eigenvalue weighted by molar-refractivity contribution is -0.154. The Morgan fingerprint density at radius 2 is 1.97 bits per heavy atom. The van der Waals surface area contributed by atoms with E-state index >= 15 is 0 Å². The van der Waals surface area contributed by atoms with Crippen LogP contribution in [0.25, 0.3) is 0 Å². The number of aromatic nitrogens is 1. The number of benzene rings is 1. The van der Waals surface area contributed by atoms with E-state index in [0.29, 0.717) is 23.6 Å². The Kier molecular flexibility index (Phi) is 5.46. The summed E-state index contributed by atoms with van der Waals surface area (Å²) in [6, 6.07) is 7.04. The highest BCUT2D eigenvalue weighted by molar-refractivity contribution is 6.15. The maximum atomic E-state index is 13.1. The smallest absolute Gasteiger partial charge is 0.306 e. The van der Waals surface area contributed by atoms with Crippen LogP contribution >= 0.6 is 0 Å². The van der Waals surface area contributed by atoms with Crippen LogP contribution in [-0.2, 0) is 25.5 Å². The molecule has 0 unspecified atom stereocenters. The molecule has 1 aromatic heterocycles. The van der Waals surface area contributed by atoms with Gasteiger partial charge in [-0.2, -0.15) is 0 Å². The zero-order chi connectivity index (χ0) is 21.3. The Labute approximate surface area is 169 Å². The van der Waals surface area contributed by atoms with Crippen LogP contribution in [0, 0.1) is 13.8 Å². The SMILES string of the molecule is Cc1noc(C)c1CCC(=O)O[C@@H](C)C(=O)N1c2ccccc2NC(=O)C1(C)C. The lowest BCUT2D eigenvalue weighted by atomic mass is 9.95. The van der Waals surface area contributed by atoms with Crippen molar-refractivity contribution in [2.24, 2.45) is 0 Å². The Morgan fingerprint density at radius 1 is 1.28 bits per heavy atom. The van der Waals surface area contributed by atoms with Gasteiger partial charge in [0.1, 0.15) is 11.3 Å². The molecule has 0 radical (unpaired) electrons. The first kappa shape index (κ1) is 20.6. The number of hydrogen-bond donors (Lipinski definition) is 1. The van der Waals surface area contributed by atoms with E-state index in [9.17, 15) is 14.4 Å². The average Bonchev–Trinajstić information content (AvgIpc) is 2.98. The van der Waals surface area contributed by atoms with Crippen LogP contribution in [-0.4, -0.2) is 34.6 Å². The highest BCUT2D eigenvalue weighted by atomic mass is 16.5. The Morgan fingerprint density at radius 3 is 2.62 bits per heavy atom. The van der Waals surface area contributed by atoms with Gasteiger partial charge in [0.15, 0.2) is 6.10 Å². The predicted molar refractivity (Wildman–Crippen MR) is 106 cm³/mol. The van der Waals surface area contributed by atoms with Crippen LogP contribution in [0.2, 0.25) is 0 Å². The maximum absolute atomic E-state index is 13.1. The van der Waals surface area contributed by atoms with Gasteiger partial charge in [0.05, 0.1) is 17.1 Å². The van der Waals surface area contributed by atoms with Crippen molar-refractivity contribution in [3.63, 3.8) is 0 Å². The minimum Gasteiger partial charge on any atom is -0.453 e. The van der Waals surface area contributed by atoms with Gasteiger partial charge in [0.25, 0.3) is 5.91 Å². The minimum absolute atomic E-state index is 0.0982. The number of ether oxygens (including phenoxy) is 1. The van der Waals surface area contributed by atoms with E-state index < -0.39 is 23.5 Å². The lowest BCUT2D eigenvalue weighted by Gasteiger charge is -2.42. The summed E-state index contributed by atoms with van der Waals surface area (Å²) in [5.74, 6) is -0.597. The quantitative estimate of drug-likeness (QED) is 0.776. The number of carbonyl (C=O) groups is 3. The number of amides is 2. The van der Waals surface area contributed by atoms with Crippen LogP contribution in [0.3, 0.4) is 0 Å². The van der Waals surface area contributed by atoms with Crippen molar-refractivity contribution >= 4 is 29.2 Å². The van der Waals surface area contributed by atoms with E-state index in [-0.39, 0.29) is 12.3 Å². The molecule has 2 aromatic rings. The fourth-order valence-corrected chi connectivity index (χ4v) is 3.42. The third-order valence-corrected chi connectivity index (χ3v) is 5.14. The molecule has 2 heterocycles. The maximum Gasteiger partial charge on any atom is 0.306 e. The summed E-state index contributed by atoms with van der Waals surface area (Å²) in [6.45, 7) is 8.42. The normalized spacial score (nSPS) is 16.0. The molecule has 3 rings (SSSR count). The lowest BCUT2D eigenvalue weighted by Crippen LogP contribution is -2.60. The van der Waals surface area contributed by atoms with Crippen molar-refractivity contribution < 1.29 is 23.6 Å². The van der Waals surface area contributed by atoms with Crippen molar-refractivity contribution in [3.05, 3.63) is 41.3 Å². The zero-order valence-electron chi connectivity index (χ0n) is 17.2. The Bertz CT molecular complexity index is 943. The number of para-hydroxylation sites is 2. The summed E-state index contributed by atoms with van der Waals surface area (Å²) < 4.78 is 10.5. The van der Waals surface area contributed by atoms with Gasteiger partial charge < -0.3 is 14.6 Å². The van der Waals surface area contributed by atoms with Gasteiger partial charge in [-0.05, 0) is 53.2 Å². The molecule has 8 nitrogen and oxygen atoms in total. The average molecular weight is 399 g/mol. The number of anilines is 2. The molecule has 0 saturated heterocycles. The molecule has 0 aliphatic carbocycles. The molecule has 2 amide bonds. The number of carbonyl (C=O) groups excluding carboxylic acids is 3. The highest BCUT2D eigenvalue weighted by Gasteiger charge is 2.45. The topological polar surface area (TPSA) is 102 Å². The van der Waals surface area contributed by atoms with E-state index in [1.807, 2.05) is 6.92 Å². The number of aryl methyl sites for hydroxylation is 2. The summed E-state index contributed by atoms with van der Waals surface area (Å²) >= 11 is 0. The fourth-order valence-electron chi connectivity index (χ4n) is 3.42. The van der Waals surface area contributed by atoms with Crippen molar-refractivity contribution in [2.75, 3.05) is 10.2 Å². The largest absolute Gasteiger partial charge is 0.453 e. The molecule has 0 bridgehead atoms. The van der Waals surface area contributed by atoms with E-state index in [1.165, 1.54) is 11.8 Å². The zero-order valence-corrected chi connectivity index (χ0v) is 17.2. The molecule has 154 valence electrons. The van der Waals surface area contributed by atoms with Crippen molar-refractivity contribution in [3.8, 4) is 0 Å². The second kappa shape index (κ2) is 7.69. The Balaban J connectivity index is 1.72. The molecular formula is C21H25N3O5. The van der Waals surface area contributed by atoms with E-state index in [0.717, 1.165) is 11.3 Å². The standard InChI is InChI=1S/C21H25N3O5/c1-12-15(13(2)29-23-12)10-11-18(25)28-14(3)19(26)24-17-9-7-6-8-16(17)22-20(27)21(24,4)5/h6-9,14H,10-11H2,1-5H3,(H,22,27)/t14-/m0/s1. The minimum atomic E-state index is -1.12. The Hall–Kier alpha value is -3.16. The molecule has 1 aliphatic heterocycles. The number of esters is 1. The summed E-state index contributed by atoms with van der Waals surface area (Å²) in [6.07, 6.45) is -0.520. The molecule has 0 spiro atoms. The molecule has 1 aliphatic rings. The van der Waals surface area contributed by atoms with Crippen LogP contribution in [0.1, 0.15) is 44.2 Å². The second-order valence-corrected chi connectivity index (χ2v) is 7.64. The molecule has 1 aromatic carbocycles. The van der Waals surface area contributed by atoms with Crippen LogP contribution in [0.15, 0.2) is 28.8 Å². The van der Waals surface area contributed by atoms with E-state index in [2.05, 4.69) is 10.5 Å². The van der Waals surface area contributed by atoms with E-state index in [4.69, 9.17) is 9.26 Å². The summed E-state index contributed by atoms with van der Waals surface area (Å²) in [5, 5.41) is 6.67. The monoisotopic (exact) mass is 399 g/mol. The number of fused-ring (bicyclic) bond motifs is 1. The first-order valence-electron chi connectivity index (χ1n) is 9.48. The predicted octanol–water partition coefficient (Wildman–Crippen LogP) is 2.92. The molecule has 0 fully saturated rings. The van der Waals surface area contributed by atoms with Gasteiger partial charge in [0.2, 0.25) is 5.91 Å². The molecule has 0 saturated carbocycles. The van der Waals surface area contributed by atoms with Crippen LogP contribution in [0.4, 0.5) is 11.4 Å². The third kappa shape index (κ3) is 3.87. The molecule has 1 atom stereocenters. The van der Waals surface area contributed by atoms with Crippen molar-refractivity contribution in [1.29, 1.82) is 0 Å². The van der Waals surface area contributed by atoms with Crippen LogP contribution < -0.4 is 10.2 Å². The molecule has 8 heteroatoms. The molecule has 29 heavy (non-hydrogen) atoms.